The summed E-state index contributed by atoms with van der Waals surface area (Å²) in [5.74, 6) is -0.252. The summed E-state index contributed by atoms with van der Waals surface area (Å²) in [5, 5.41) is 13.6. The minimum absolute atomic E-state index is 0.0575. The highest BCUT2D eigenvalue weighted by Gasteiger charge is 2.28. The van der Waals surface area contributed by atoms with Gasteiger partial charge in [-0.05, 0) is 37.3 Å². The van der Waals surface area contributed by atoms with E-state index in [-0.39, 0.29) is 23.1 Å². The normalized spacial score (nSPS) is 16.1. The second-order valence-corrected chi connectivity index (χ2v) is 9.84. The average molecular weight is 495 g/mol. The van der Waals surface area contributed by atoms with Gasteiger partial charge in [0.2, 0.25) is 10.0 Å². The van der Waals surface area contributed by atoms with Crippen LogP contribution in [0, 0.1) is 6.92 Å². The standard InChI is InChI=1S/C20H23BrN4O4S/c1-15-2-5-18(6-3-15)30(28,29)25-10-8-24(9-11-25)14-20(27)23-22-13-16-12-17(21)4-7-19(16)26/h2-7,12-13,26H,8-11,14H2,1H3,(H,23,27). The number of hydrogen-bond acceptors (Lipinski definition) is 6. The fourth-order valence-corrected chi connectivity index (χ4v) is 4.83. The number of nitrogens with zero attached hydrogens (tertiary/aromatic N) is 3. The fourth-order valence-electron chi connectivity index (χ4n) is 3.03. The number of hydrazone groups is 1. The molecule has 0 atom stereocenters. The van der Waals surface area contributed by atoms with Gasteiger partial charge in [-0.2, -0.15) is 9.41 Å². The molecule has 10 heteroatoms. The van der Waals surface area contributed by atoms with E-state index in [1.807, 2.05) is 11.8 Å². The van der Waals surface area contributed by atoms with Crippen LogP contribution in [0.4, 0.5) is 0 Å². The van der Waals surface area contributed by atoms with Gasteiger partial charge in [0.15, 0.2) is 0 Å². The van der Waals surface area contributed by atoms with Crippen molar-refractivity contribution in [3.8, 4) is 5.75 Å². The number of benzene rings is 2. The molecule has 2 aromatic rings. The van der Waals surface area contributed by atoms with Crippen LogP contribution in [0.3, 0.4) is 0 Å². The Morgan fingerprint density at radius 1 is 1.17 bits per heavy atom. The maximum absolute atomic E-state index is 12.7. The number of piperazine rings is 1. The number of nitrogens with one attached hydrogen (secondary N) is 1. The van der Waals surface area contributed by atoms with Crippen molar-refractivity contribution in [1.29, 1.82) is 0 Å². The summed E-state index contributed by atoms with van der Waals surface area (Å²) in [6.07, 6.45) is 1.37. The second-order valence-electron chi connectivity index (χ2n) is 6.99. The van der Waals surface area contributed by atoms with E-state index < -0.39 is 10.0 Å². The van der Waals surface area contributed by atoms with Gasteiger partial charge in [0, 0.05) is 36.2 Å². The Morgan fingerprint density at radius 3 is 2.50 bits per heavy atom. The van der Waals surface area contributed by atoms with Crippen LogP contribution in [0.2, 0.25) is 0 Å². The molecule has 0 aromatic heterocycles. The predicted molar refractivity (Wildman–Crippen MR) is 118 cm³/mol. The molecule has 8 nitrogen and oxygen atoms in total. The molecular weight excluding hydrogens is 472 g/mol. The lowest BCUT2D eigenvalue weighted by Crippen LogP contribution is -2.50. The zero-order chi connectivity index (χ0) is 21.7. The molecule has 1 heterocycles. The van der Waals surface area contributed by atoms with Crippen molar-refractivity contribution >= 4 is 38.1 Å². The summed E-state index contributed by atoms with van der Waals surface area (Å²) in [6.45, 7) is 3.56. The molecule has 3 rings (SSSR count). The van der Waals surface area contributed by atoms with Crippen LogP contribution >= 0.6 is 15.9 Å². The quantitative estimate of drug-likeness (QED) is 0.471. The van der Waals surface area contributed by atoms with Crippen LogP contribution in [0.15, 0.2) is 56.9 Å². The lowest BCUT2D eigenvalue weighted by atomic mass is 10.2. The molecule has 30 heavy (non-hydrogen) atoms. The molecule has 1 fully saturated rings. The van der Waals surface area contributed by atoms with E-state index in [9.17, 15) is 18.3 Å². The van der Waals surface area contributed by atoms with Gasteiger partial charge in [0.1, 0.15) is 5.75 Å². The Kier molecular flexibility index (Phi) is 7.24. The highest BCUT2D eigenvalue weighted by molar-refractivity contribution is 9.10. The second kappa shape index (κ2) is 9.69. The number of phenols is 1. The first-order valence-corrected chi connectivity index (χ1v) is 11.6. The van der Waals surface area contributed by atoms with Crippen molar-refractivity contribution in [1.82, 2.24) is 14.6 Å². The van der Waals surface area contributed by atoms with Crippen LogP contribution in [0.1, 0.15) is 11.1 Å². The largest absolute Gasteiger partial charge is 0.507 e. The zero-order valence-corrected chi connectivity index (χ0v) is 18.9. The Balaban J connectivity index is 1.49. The highest BCUT2D eigenvalue weighted by atomic mass is 79.9. The van der Waals surface area contributed by atoms with E-state index in [1.165, 1.54) is 16.6 Å². The van der Waals surface area contributed by atoms with Crippen molar-refractivity contribution in [3.63, 3.8) is 0 Å². The van der Waals surface area contributed by atoms with Crippen molar-refractivity contribution < 1.29 is 18.3 Å². The smallest absolute Gasteiger partial charge is 0.254 e. The number of carbonyl (C=O) groups excluding carboxylic acids is 1. The number of rotatable bonds is 6. The molecule has 2 aromatic carbocycles. The summed E-state index contributed by atoms with van der Waals surface area (Å²) < 4.78 is 27.7. The van der Waals surface area contributed by atoms with Gasteiger partial charge in [0.05, 0.1) is 17.7 Å². The van der Waals surface area contributed by atoms with Crippen LogP contribution < -0.4 is 5.43 Å². The van der Waals surface area contributed by atoms with Gasteiger partial charge >= 0.3 is 0 Å². The van der Waals surface area contributed by atoms with Crippen molar-refractivity contribution in [3.05, 3.63) is 58.1 Å². The van der Waals surface area contributed by atoms with E-state index in [0.717, 1.165) is 10.0 Å². The number of amides is 1. The van der Waals surface area contributed by atoms with Crippen LogP contribution in [0.5, 0.6) is 5.75 Å². The maximum atomic E-state index is 12.7. The molecule has 160 valence electrons. The van der Waals surface area contributed by atoms with E-state index >= 15 is 0 Å². The molecule has 0 unspecified atom stereocenters. The Labute approximate surface area is 184 Å². The topological polar surface area (TPSA) is 102 Å². The fraction of sp³-hybridized carbons (Fsp3) is 0.300. The van der Waals surface area contributed by atoms with Crippen molar-refractivity contribution in [2.24, 2.45) is 5.10 Å². The highest BCUT2D eigenvalue weighted by Crippen LogP contribution is 2.20. The first-order valence-electron chi connectivity index (χ1n) is 9.35. The molecular formula is C20H23BrN4O4S. The van der Waals surface area contributed by atoms with Gasteiger partial charge in [-0.1, -0.05) is 33.6 Å². The monoisotopic (exact) mass is 494 g/mol. The lowest BCUT2D eigenvalue weighted by molar-refractivity contribution is -0.122. The van der Waals surface area contributed by atoms with Crippen molar-refractivity contribution in [2.45, 2.75) is 11.8 Å². The van der Waals surface area contributed by atoms with Gasteiger partial charge in [-0.15, -0.1) is 0 Å². The number of aryl methyl sites for hydroxylation is 1. The summed E-state index contributed by atoms with van der Waals surface area (Å²) >= 11 is 3.31. The molecule has 0 saturated carbocycles. The van der Waals surface area contributed by atoms with Crippen LogP contribution in [0.25, 0.3) is 0 Å². The van der Waals surface area contributed by atoms with E-state index in [0.29, 0.717) is 31.7 Å². The third-order valence-corrected chi connectivity index (χ3v) is 7.15. The van der Waals surface area contributed by atoms with Crippen LogP contribution in [-0.2, 0) is 14.8 Å². The average Bonchev–Trinajstić information content (AvgIpc) is 2.71. The lowest BCUT2D eigenvalue weighted by Gasteiger charge is -2.33. The van der Waals surface area contributed by atoms with Gasteiger partial charge in [0.25, 0.3) is 5.91 Å². The maximum Gasteiger partial charge on any atom is 0.254 e. The summed E-state index contributed by atoms with van der Waals surface area (Å²) in [7, 11) is -3.53. The van der Waals surface area contributed by atoms with E-state index in [2.05, 4.69) is 26.5 Å². The Bertz CT molecular complexity index is 1030. The summed E-state index contributed by atoms with van der Waals surface area (Å²) in [4.78, 5) is 14.3. The number of phenolic OH excluding ortho intramolecular Hbond substituents is 1. The predicted octanol–water partition coefficient (Wildman–Crippen LogP) is 1.92. The van der Waals surface area contributed by atoms with E-state index in [4.69, 9.17) is 0 Å². The Morgan fingerprint density at radius 2 is 1.83 bits per heavy atom. The van der Waals surface area contributed by atoms with Crippen molar-refractivity contribution in [2.75, 3.05) is 32.7 Å². The number of halogens is 1. The number of sulfonamides is 1. The number of aromatic hydroxyl groups is 1. The zero-order valence-electron chi connectivity index (χ0n) is 16.5. The first-order chi connectivity index (χ1) is 14.3. The molecule has 2 N–H and O–H groups in total. The minimum Gasteiger partial charge on any atom is -0.507 e. The molecule has 1 amide bonds. The molecule has 0 bridgehead atoms. The Hall–Kier alpha value is -2.27. The third-order valence-electron chi connectivity index (χ3n) is 4.74. The molecule has 1 aliphatic rings. The molecule has 0 radical (unpaired) electrons. The molecule has 0 spiro atoms. The molecule has 0 aliphatic carbocycles. The van der Waals surface area contributed by atoms with Crippen LogP contribution in [-0.4, -0.2) is 67.6 Å². The summed E-state index contributed by atoms with van der Waals surface area (Å²) in [5.41, 5.74) is 3.90. The number of hydrogen-bond donors (Lipinski definition) is 2. The minimum atomic E-state index is -3.53. The molecule has 1 saturated heterocycles. The SMILES string of the molecule is Cc1ccc(S(=O)(=O)N2CCN(CC(=O)NN=Cc3cc(Br)ccc3O)CC2)cc1. The van der Waals surface area contributed by atoms with Gasteiger partial charge in [-0.3, -0.25) is 9.69 Å². The third kappa shape index (κ3) is 5.66. The summed E-state index contributed by atoms with van der Waals surface area (Å²) in [6, 6.07) is 11.7. The number of carbonyl (C=O) groups is 1. The van der Waals surface area contributed by atoms with Gasteiger partial charge < -0.3 is 5.11 Å². The first kappa shape index (κ1) is 22.4. The molecule has 1 aliphatic heterocycles. The van der Waals surface area contributed by atoms with Gasteiger partial charge in [-0.25, -0.2) is 13.8 Å². The van der Waals surface area contributed by atoms with E-state index in [1.54, 1.807) is 36.4 Å².